The summed E-state index contributed by atoms with van der Waals surface area (Å²) in [6, 6.07) is 0. The molecule has 13 heavy (non-hydrogen) atoms. The van der Waals surface area contributed by atoms with Crippen molar-refractivity contribution in [3.8, 4) is 0 Å². The number of aliphatic carboxylic acids is 2. The normalized spacial score (nSPS) is 42.2. The first-order chi connectivity index (χ1) is 6.09. The highest BCUT2D eigenvalue weighted by Crippen LogP contribution is 2.51. The van der Waals surface area contributed by atoms with Crippen LogP contribution in [-0.4, -0.2) is 22.2 Å². The average Bonchev–Trinajstić information content (AvgIpc) is 2.60. The van der Waals surface area contributed by atoms with Crippen molar-refractivity contribution in [2.24, 2.45) is 23.7 Å². The molecule has 2 bridgehead atoms. The summed E-state index contributed by atoms with van der Waals surface area (Å²) in [5, 5.41) is 17.7. The number of hydrogen-bond acceptors (Lipinski definition) is 2. The van der Waals surface area contributed by atoms with Crippen LogP contribution in [-0.2, 0) is 9.59 Å². The average molecular weight is 184 g/mol. The second kappa shape index (κ2) is 2.72. The third-order valence-electron chi connectivity index (χ3n) is 3.45. The van der Waals surface area contributed by atoms with Crippen molar-refractivity contribution < 1.29 is 19.8 Å². The van der Waals surface area contributed by atoms with Crippen LogP contribution >= 0.6 is 0 Å². The number of fused-ring (bicyclic) bond motifs is 2. The van der Waals surface area contributed by atoms with Crippen LogP contribution in [0.4, 0.5) is 0 Å². The quantitative estimate of drug-likeness (QED) is 0.666. The molecule has 4 nitrogen and oxygen atoms in total. The van der Waals surface area contributed by atoms with Gasteiger partial charge in [-0.25, -0.2) is 0 Å². The number of rotatable bonds is 2. The van der Waals surface area contributed by atoms with Crippen molar-refractivity contribution >= 4 is 11.9 Å². The minimum atomic E-state index is -0.821. The Balaban J connectivity index is 2.15. The second-order valence-electron chi connectivity index (χ2n) is 4.13. The van der Waals surface area contributed by atoms with E-state index in [1.54, 1.807) is 0 Å². The highest BCUT2D eigenvalue weighted by atomic mass is 16.4. The zero-order valence-corrected chi connectivity index (χ0v) is 7.14. The van der Waals surface area contributed by atoms with Gasteiger partial charge in [-0.05, 0) is 31.1 Å². The molecule has 2 aliphatic carbocycles. The van der Waals surface area contributed by atoms with Gasteiger partial charge < -0.3 is 10.2 Å². The van der Waals surface area contributed by atoms with Crippen molar-refractivity contribution in [2.45, 2.75) is 19.3 Å². The fourth-order valence-corrected chi connectivity index (χ4v) is 2.92. The predicted molar refractivity (Wildman–Crippen MR) is 43.1 cm³/mol. The SMILES string of the molecule is O=C(O)[C@H]1CC2CC1[C@H](C(=O)O)C2. The third-order valence-corrected chi connectivity index (χ3v) is 3.45. The highest BCUT2D eigenvalue weighted by Gasteiger charge is 2.51. The second-order valence-corrected chi connectivity index (χ2v) is 4.13. The summed E-state index contributed by atoms with van der Waals surface area (Å²) in [7, 11) is 0. The number of carboxylic acid groups (broad SMARTS) is 2. The Hall–Kier alpha value is -1.06. The number of carboxylic acids is 2. The van der Waals surface area contributed by atoms with Crippen molar-refractivity contribution in [3.05, 3.63) is 0 Å². The van der Waals surface area contributed by atoms with Crippen LogP contribution in [0.5, 0.6) is 0 Å². The summed E-state index contributed by atoms with van der Waals surface area (Å²) in [6.45, 7) is 0. The molecule has 0 saturated heterocycles. The molecule has 2 rings (SSSR count). The van der Waals surface area contributed by atoms with Crippen LogP contribution in [0, 0.1) is 23.7 Å². The van der Waals surface area contributed by atoms with Gasteiger partial charge in [0.1, 0.15) is 0 Å². The molecule has 2 aliphatic rings. The van der Waals surface area contributed by atoms with Crippen molar-refractivity contribution in [1.82, 2.24) is 0 Å². The maximum absolute atomic E-state index is 10.8. The summed E-state index contributed by atoms with van der Waals surface area (Å²) >= 11 is 0. The lowest BCUT2D eigenvalue weighted by molar-refractivity contribution is -0.149. The molecule has 0 aromatic heterocycles. The smallest absolute Gasteiger partial charge is 0.306 e. The van der Waals surface area contributed by atoms with E-state index in [-0.39, 0.29) is 5.92 Å². The zero-order valence-electron chi connectivity index (χ0n) is 7.14. The van der Waals surface area contributed by atoms with E-state index in [9.17, 15) is 9.59 Å². The molecule has 2 unspecified atom stereocenters. The molecule has 0 spiro atoms. The number of hydrogen-bond donors (Lipinski definition) is 2. The largest absolute Gasteiger partial charge is 0.481 e. The van der Waals surface area contributed by atoms with E-state index < -0.39 is 23.8 Å². The molecule has 0 amide bonds. The Morgan fingerprint density at radius 2 is 1.38 bits per heavy atom. The van der Waals surface area contributed by atoms with E-state index >= 15 is 0 Å². The topological polar surface area (TPSA) is 74.6 Å². The van der Waals surface area contributed by atoms with E-state index in [1.165, 1.54) is 0 Å². The summed E-state index contributed by atoms with van der Waals surface area (Å²) in [5.41, 5.74) is 0. The number of carbonyl (C=O) groups is 2. The Morgan fingerprint density at radius 1 is 0.923 bits per heavy atom. The molecule has 0 radical (unpaired) electrons. The molecule has 0 aliphatic heterocycles. The summed E-state index contributed by atoms with van der Waals surface area (Å²) < 4.78 is 0. The molecular weight excluding hydrogens is 172 g/mol. The lowest BCUT2D eigenvalue weighted by Crippen LogP contribution is -2.30. The molecule has 4 heteroatoms. The van der Waals surface area contributed by atoms with Gasteiger partial charge >= 0.3 is 11.9 Å². The minimum Gasteiger partial charge on any atom is -0.481 e. The molecule has 2 N–H and O–H groups in total. The van der Waals surface area contributed by atoms with Gasteiger partial charge in [-0.1, -0.05) is 0 Å². The van der Waals surface area contributed by atoms with Gasteiger partial charge in [0.05, 0.1) is 11.8 Å². The lowest BCUT2D eigenvalue weighted by atomic mass is 9.81. The highest BCUT2D eigenvalue weighted by molar-refractivity contribution is 5.76. The van der Waals surface area contributed by atoms with Gasteiger partial charge in [0.15, 0.2) is 0 Å². The van der Waals surface area contributed by atoms with Crippen LogP contribution in [0.1, 0.15) is 19.3 Å². The molecule has 0 aromatic carbocycles. The Labute approximate surface area is 75.6 Å². The van der Waals surface area contributed by atoms with Crippen molar-refractivity contribution in [1.29, 1.82) is 0 Å². The van der Waals surface area contributed by atoms with Gasteiger partial charge in [0.25, 0.3) is 0 Å². The van der Waals surface area contributed by atoms with E-state index in [2.05, 4.69) is 0 Å². The first-order valence-corrected chi connectivity index (χ1v) is 4.55. The van der Waals surface area contributed by atoms with Gasteiger partial charge in [-0.2, -0.15) is 0 Å². The van der Waals surface area contributed by atoms with Crippen molar-refractivity contribution in [3.63, 3.8) is 0 Å². The van der Waals surface area contributed by atoms with Gasteiger partial charge in [0.2, 0.25) is 0 Å². The van der Waals surface area contributed by atoms with E-state index in [0.29, 0.717) is 18.8 Å². The Kier molecular flexibility index (Phi) is 1.78. The molecule has 0 heterocycles. The van der Waals surface area contributed by atoms with Crippen LogP contribution in [0.2, 0.25) is 0 Å². The first-order valence-electron chi connectivity index (χ1n) is 4.55. The molecule has 72 valence electrons. The summed E-state index contributed by atoms with van der Waals surface area (Å²) in [4.78, 5) is 21.5. The fraction of sp³-hybridized carbons (Fsp3) is 0.778. The molecular formula is C9H12O4. The lowest BCUT2D eigenvalue weighted by Gasteiger charge is -2.23. The third kappa shape index (κ3) is 1.20. The van der Waals surface area contributed by atoms with E-state index in [4.69, 9.17) is 10.2 Å². The molecule has 2 saturated carbocycles. The van der Waals surface area contributed by atoms with Crippen LogP contribution < -0.4 is 0 Å². The maximum atomic E-state index is 10.8. The summed E-state index contributed by atoms with van der Waals surface area (Å²) in [6.07, 6.45) is 2.17. The van der Waals surface area contributed by atoms with Crippen LogP contribution in [0.25, 0.3) is 0 Å². The van der Waals surface area contributed by atoms with E-state index in [0.717, 1.165) is 6.42 Å². The minimum absolute atomic E-state index is 0.111. The van der Waals surface area contributed by atoms with Gasteiger partial charge in [0, 0.05) is 0 Å². The van der Waals surface area contributed by atoms with Crippen LogP contribution in [0.15, 0.2) is 0 Å². The maximum Gasteiger partial charge on any atom is 0.306 e. The molecule has 0 aromatic rings. The predicted octanol–water partition coefficient (Wildman–Crippen LogP) is 0.818. The first kappa shape index (κ1) is 8.53. The summed E-state index contributed by atoms with van der Waals surface area (Å²) in [5.74, 6) is -2.22. The Bertz CT molecular complexity index is 236. The standard InChI is InChI=1S/C9H12O4/c10-8(11)6-2-4-1-5(6)7(3-4)9(12)13/h4-7H,1-3H2,(H,10,11)(H,12,13)/t4?,5?,6-,7+. The monoisotopic (exact) mass is 184 g/mol. The van der Waals surface area contributed by atoms with Crippen LogP contribution in [0.3, 0.4) is 0 Å². The van der Waals surface area contributed by atoms with Gasteiger partial charge in [-0.15, -0.1) is 0 Å². The van der Waals surface area contributed by atoms with Crippen molar-refractivity contribution in [2.75, 3.05) is 0 Å². The fourth-order valence-electron chi connectivity index (χ4n) is 2.92. The van der Waals surface area contributed by atoms with E-state index in [1.807, 2.05) is 0 Å². The molecule has 2 fully saturated rings. The Morgan fingerprint density at radius 3 is 1.69 bits per heavy atom. The molecule has 4 atom stereocenters. The van der Waals surface area contributed by atoms with Gasteiger partial charge in [-0.3, -0.25) is 9.59 Å². The zero-order chi connectivity index (χ0) is 9.59.